The van der Waals surface area contributed by atoms with Gasteiger partial charge in [-0.05, 0) is 31.1 Å². The summed E-state index contributed by atoms with van der Waals surface area (Å²) in [5.41, 5.74) is 0. The summed E-state index contributed by atoms with van der Waals surface area (Å²) < 4.78 is 0. The van der Waals surface area contributed by atoms with Gasteiger partial charge in [0.15, 0.2) is 0 Å². The summed E-state index contributed by atoms with van der Waals surface area (Å²) in [5, 5.41) is 9.05. The lowest BCUT2D eigenvalue weighted by atomic mass is 9.96. The van der Waals surface area contributed by atoms with Gasteiger partial charge in [-0.15, -0.1) is 0 Å². The van der Waals surface area contributed by atoms with E-state index in [9.17, 15) is 0 Å². The van der Waals surface area contributed by atoms with Crippen LogP contribution in [0.4, 0.5) is 0 Å². The molecule has 0 aromatic carbocycles. The van der Waals surface area contributed by atoms with Crippen molar-refractivity contribution in [2.24, 2.45) is 17.8 Å². The van der Waals surface area contributed by atoms with Gasteiger partial charge in [0.25, 0.3) is 0 Å². The first-order valence-electron chi connectivity index (χ1n) is 5.84. The first-order valence-corrected chi connectivity index (χ1v) is 5.84. The van der Waals surface area contributed by atoms with Crippen molar-refractivity contribution < 1.29 is 0 Å². The minimum Gasteiger partial charge on any atom is -0.299 e. The van der Waals surface area contributed by atoms with Crippen molar-refractivity contribution in [2.45, 2.75) is 39.2 Å². The molecule has 0 aromatic rings. The molecular formula is C12H20N2. The molecule has 0 spiro atoms. The molecular weight excluding hydrogens is 172 g/mol. The summed E-state index contributed by atoms with van der Waals surface area (Å²) in [6.07, 6.45) is 4.21. The van der Waals surface area contributed by atoms with Crippen LogP contribution < -0.4 is 0 Å². The maximum absolute atomic E-state index is 9.05. The van der Waals surface area contributed by atoms with Crippen molar-refractivity contribution >= 4 is 0 Å². The second kappa shape index (κ2) is 3.90. The van der Waals surface area contributed by atoms with E-state index in [-0.39, 0.29) is 5.92 Å². The monoisotopic (exact) mass is 192 g/mol. The summed E-state index contributed by atoms with van der Waals surface area (Å²) in [6.45, 7) is 6.58. The number of likely N-dealkylation sites (tertiary alicyclic amines) is 1. The fraction of sp³-hybridized carbons (Fsp3) is 0.917. The van der Waals surface area contributed by atoms with Crippen molar-refractivity contribution in [1.29, 1.82) is 5.26 Å². The molecule has 1 aliphatic heterocycles. The molecule has 0 amide bonds. The van der Waals surface area contributed by atoms with Gasteiger partial charge in [0.2, 0.25) is 0 Å². The minimum atomic E-state index is 0.231. The smallest absolute Gasteiger partial charge is 0.0672 e. The number of nitriles is 1. The van der Waals surface area contributed by atoms with Crippen LogP contribution in [-0.2, 0) is 0 Å². The number of hydrogen-bond acceptors (Lipinski definition) is 2. The van der Waals surface area contributed by atoms with E-state index in [0.29, 0.717) is 5.92 Å². The molecule has 2 nitrogen and oxygen atoms in total. The topological polar surface area (TPSA) is 27.0 Å². The molecule has 2 rings (SSSR count). The van der Waals surface area contributed by atoms with Gasteiger partial charge >= 0.3 is 0 Å². The standard InChI is InChI=1S/C12H20N2/c1-9(2)11(6-13)8-14-7-10-3-4-12(14)5-10/h9-12H,3-5,7-8H2,1-2H3. The zero-order valence-corrected chi connectivity index (χ0v) is 9.24. The molecule has 78 valence electrons. The van der Waals surface area contributed by atoms with Crippen LogP contribution in [0, 0.1) is 29.1 Å². The zero-order chi connectivity index (χ0) is 10.1. The molecule has 14 heavy (non-hydrogen) atoms. The highest BCUT2D eigenvalue weighted by Crippen LogP contribution is 2.37. The Labute approximate surface area is 86.9 Å². The van der Waals surface area contributed by atoms with Crippen LogP contribution >= 0.6 is 0 Å². The number of rotatable bonds is 3. The maximum atomic E-state index is 9.05. The van der Waals surface area contributed by atoms with E-state index in [0.717, 1.165) is 18.5 Å². The largest absolute Gasteiger partial charge is 0.299 e. The average Bonchev–Trinajstić information content (AvgIpc) is 2.74. The predicted molar refractivity (Wildman–Crippen MR) is 56.6 cm³/mol. The normalized spacial score (nSPS) is 33.6. The van der Waals surface area contributed by atoms with E-state index in [2.05, 4.69) is 24.8 Å². The highest BCUT2D eigenvalue weighted by molar-refractivity contribution is 4.96. The lowest BCUT2D eigenvalue weighted by Gasteiger charge is -2.29. The Balaban J connectivity index is 1.89. The molecule has 2 aliphatic rings. The summed E-state index contributed by atoms with van der Waals surface area (Å²) in [4.78, 5) is 2.56. The van der Waals surface area contributed by atoms with Gasteiger partial charge in [-0.3, -0.25) is 4.90 Å². The lowest BCUT2D eigenvalue weighted by molar-refractivity contribution is 0.181. The fourth-order valence-electron chi connectivity index (χ4n) is 2.90. The Hall–Kier alpha value is -0.550. The number of piperidine rings is 1. The Bertz CT molecular complexity index is 241. The van der Waals surface area contributed by atoms with Crippen LogP contribution in [0.25, 0.3) is 0 Å². The molecule has 2 heteroatoms. The van der Waals surface area contributed by atoms with Crippen molar-refractivity contribution in [3.8, 4) is 6.07 Å². The van der Waals surface area contributed by atoms with Gasteiger partial charge in [0.1, 0.15) is 0 Å². The van der Waals surface area contributed by atoms with E-state index < -0.39 is 0 Å². The summed E-state index contributed by atoms with van der Waals surface area (Å²) in [6, 6.07) is 3.26. The van der Waals surface area contributed by atoms with Crippen LogP contribution in [0.1, 0.15) is 33.1 Å². The van der Waals surface area contributed by atoms with Gasteiger partial charge in [-0.1, -0.05) is 13.8 Å². The average molecular weight is 192 g/mol. The van der Waals surface area contributed by atoms with E-state index in [1.807, 2.05) is 0 Å². The van der Waals surface area contributed by atoms with Crippen molar-refractivity contribution in [3.63, 3.8) is 0 Å². The van der Waals surface area contributed by atoms with Gasteiger partial charge < -0.3 is 0 Å². The van der Waals surface area contributed by atoms with Crippen LogP contribution in [-0.4, -0.2) is 24.0 Å². The Morgan fingerprint density at radius 3 is 2.64 bits per heavy atom. The molecule has 0 aromatic heterocycles. The highest BCUT2D eigenvalue weighted by atomic mass is 15.2. The molecule has 0 N–H and O–H groups in total. The maximum Gasteiger partial charge on any atom is 0.0672 e. The predicted octanol–water partition coefficient (Wildman–Crippen LogP) is 2.27. The number of nitrogens with zero attached hydrogens (tertiary/aromatic N) is 2. The van der Waals surface area contributed by atoms with Gasteiger partial charge in [0, 0.05) is 19.1 Å². The zero-order valence-electron chi connectivity index (χ0n) is 9.24. The van der Waals surface area contributed by atoms with E-state index in [1.54, 1.807) is 0 Å². The first-order chi connectivity index (χ1) is 6.70. The summed E-state index contributed by atoms with van der Waals surface area (Å²) >= 11 is 0. The van der Waals surface area contributed by atoms with E-state index in [1.165, 1.54) is 25.8 Å². The molecule has 0 radical (unpaired) electrons. The third-order valence-corrected chi connectivity index (χ3v) is 3.92. The SMILES string of the molecule is CC(C)C(C#N)CN1CC2CCC1C2. The Kier molecular flexibility index (Phi) is 2.78. The van der Waals surface area contributed by atoms with Crippen LogP contribution in [0.15, 0.2) is 0 Å². The third-order valence-electron chi connectivity index (χ3n) is 3.92. The third kappa shape index (κ3) is 1.79. The minimum absolute atomic E-state index is 0.231. The highest BCUT2D eigenvalue weighted by Gasteiger charge is 2.38. The molecule has 1 heterocycles. The second-order valence-electron chi connectivity index (χ2n) is 5.27. The van der Waals surface area contributed by atoms with Crippen molar-refractivity contribution in [2.75, 3.05) is 13.1 Å². The Morgan fingerprint density at radius 1 is 1.43 bits per heavy atom. The molecule has 2 fully saturated rings. The van der Waals surface area contributed by atoms with E-state index in [4.69, 9.17) is 5.26 Å². The first kappa shape index (κ1) is 9.98. The Morgan fingerprint density at radius 2 is 2.21 bits per heavy atom. The van der Waals surface area contributed by atoms with Gasteiger partial charge in [0.05, 0.1) is 12.0 Å². The van der Waals surface area contributed by atoms with Gasteiger partial charge in [-0.2, -0.15) is 5.26 Å². The van der Waals surface area contributed by atoms with Crippen LogP contribution in [0.5, 0.6) is 0 Å². The van der Waals surface area contributed by atoms with Gasteiger partial charge in [-0.25, -0.2) is 0 Å². The quantitative estimate of drug-likeness (QED) is 0.686. The molecule has 3 unspecified atom stereocenters. The summed E-state index contributed by atoms with van der Waals surface area (Å²) in [5.74, 6) is 1.68. The van der Waals surface area contributed by atoms with Crippen LogP contribution in [0.3, 0.4) is 0 Å². The molecule has 1 aliphatic carbocycles. The number of hydrogen-bond donors (Lipinski definition) is 0. The van der Waals surface area contributed by atoms with Crippen LogP contribution in [0.2, 0.25) is 0 Å². The second-order valence-corrected chi connectivity index (χ2v) is 5.27. The molecule has 3 atom stereocenters. The molecule has 2 bridgehead atoms. The molecule has 1 saturated heterocycles. The molecule has 1 saturated carbocycles. The lowest BCUT2D eigenvalue weighted by Crippen LogP contribution is -2.37. The summed E-state index contributed by atoms with van der Waals surface area (Å²) in [7, 11) is 0. The fourth-order valence-corrected chi connectivity index (χ4v) is 2.90. The van der Waals surface area contributed by atoms with Crippen molar-refractivity contribution in [3.05, 3.63) is 0 Å². The van der Waals surface area contributed by atoms with Crippen molar-refractivity contribution in [1.82, 2.24) is 4.90 Å². The number of fused-ring (bicyclic) bond motifs is 2. The van der Waals surface area contributed by atoms with E-state index >= 15 is 0 Å².